The summed E-state index contributed by atoms with van der Waals surface area (Å²) in [6, 6.07) is 0.248. The van der Waals surface area contributed by atoms with Gasteiger partial charge in [0, 0.05) is 25.3 Å². The van der Waals surface area contributed by atoms with Gasteiger partial charge in [-0.1, -0.05) is 0 Å². The summed E-state index contributed by atoms with van der Waals surface area (Å²) >= 11 is 0. The Labute approximate surface area is 114 Å². The number of rotatable bonds is 5. The SMILES string of the molecule is CCn1cnc(S(=O)(=O)NCC2CCCN2)c1.Cl. The predicted molar refractivity (Wildman–Crippen MR) is 71.4 cm³/mol. The molecule has 1 fully saturated rings. The summed E-state index contributed by atoms with van der Waals surface area (Å²) in [7, 11) is -3.46. The van der Waals surface area contributed by atoms with Gasteiger partial charge in [-0.3, -0.25) is 0 Å². The van der Waals surface area contributed by atoms with Crippen LogP contribution in [0.1, 0.15) is 19.8 Å². The third kappa shape index (κ3) is 3.68. The Balaban J connectivity index is 0.00000162. The fourth-order valence-corrected chi connectivity index (χ4v) is 2.90. The van der Waals surface area contributed by atoms with Gasteiger partial charge in [0.25, 0.3) is 10.0 Å². The van der Waals surface area contributed by atoms with Crippen molar-refractivity contribution in [3.8, 4) is 0 Å². The molecule has 1 atom stereocenters. The van der Waals surface area contributed by atoms with Crippen molar-refractivity contribution in [2.75, 3.05) is 13.1 Å². The van der Waals surface area contributed by atoms with E-state index in [1.54, 1.807) is 10.8 Å². The van der Waals surface area contributed by atoms with Crippen LogP contribution in [0.25, 0.3) is 0 Å². The Morgan fingerprint density at radius 2 is 2.39 bits per heavy atom. The van der Waals surface area contributed by atoms with Gasteiger partial charge in [0.05, 0.1) is 6.33 Å². The van der Waals surface area contributed by atoms with E-state index in [0.29, 0.717) is 13.1 Å². The zero-order valence-corrected chi connectivity index (χ0v) is 11.9. The van der Waals surface area contributed by atoms with E-state index < -0.39 is 10.0 Å². The van der Waals surface area contributed by atoms with Gasteiger partial charge in [0.1, 0.15) is 0 Å². The maximum absolute atomic E-state index is 11.9. The predicted octanol–water partition coefficient (Wildman–Crippen LogP) is 0.355. The Morgan fingerprint density at radius 3 is 2.94 bits per heavy atom. The third-order valence-corrected chi connectivity index (χ3v) is 4.24. The highest BCUT2D eigenvalue weighted by atomic mass is 35.5. The number of aromatic nitrogens is 2. The van der Waals surface area contributed by atoms with Gasteiger partial charge in [-0.2, -0.15) is 0 Å². The van der Waals surface area contributed by atoms with Crippen molar-refractivity contribution in [3.63, 3.8) is 0 Å². The number of sulfonamides is 1. The first kappa shape index (κ1) is 15.4. The van der Waals surface area contributed by atoms with Gasteiger partial charge in [-0.15, -0.1) is 12.4 Å². The Hall–Kier alpha value is -0.630. The van der Waals surface area contributed by atoms with E-state index >= 15 is 0 Å². The van der Waals surface area contributed by atoms with Crippen molar-refractivity contribution in [1.29, 1.82) is 0 Å². The molecule has 1 aliphatic rings. The fraction of sp³-hybridized carbons (Fsp3) is 0.700. The quantitative estimate of drug-likeness (QED) is 0.822. The largest absolute Gasteiger partial charge is 0.336 e. The van der Waals surface area contributed by atoms with Crippen molar-refractivity contribution in [3.05, 3.63) is 12.5 Å². The second-order valence-electron chi connectivity index (χ2n) is 4.19. The highest BCUT2D eigenvalue weighted by Gasteiger charge is 2.20. The number of nitrogens with one attached hydrogen (secondary N) is 2. The Bertz CT molecular complexity index is 468. The van der Waals surface area contributed by atoms with E-state index in [9.17, 15) is 8.42 Å². The maximum atomic E-state index is 11.9. The van der Waals surface area contributed by atoms with Crippen LogP contribution in [0.4, 0.5) is 0 Å². The van der Waals surface area contributed by atoms with Crippen LogP contribution in [0.5, 0.6) is 0 Å². The highest BCUT2D eigenvalue weighted by Crippen LogP contribution is 2.07. The summed E-state index contributed by atoms with van der Waals surface area (Å²) in [5.74, 6) is 0. The molecule has 2 rings (SSSR count). The normalized spacial score (nSPS) is 19.7. The minimum Gasteiger partial charge on any atom is -0.336 e. The number of hydrogen-bond donors (Lipinski definition) is 2. The number of halogens is 1. The van der Waals surface area contributed by atoms with Crippen LogP contribution in [-0.4, -0.2) is 37.1 Å². The van der Waals surface area contributed by atoms with Gasteiger partial charge < -0.3 is 9.88 Å². The minimum atomic E-state index is -3.46. The third-order valence-electron chi connectivity index (χ3n) is 2.93. The molecule has 0 saturated carbocycles. The molecule has 1 unspecified atom stereocenters. The summed E-state index contributed by atoms with van der Waals surface area (Å²) < 4.78 is 28.1. The molecule has 1 aliphatic heterocycles. The van der Waals surface area contributed by atoms with E-state index in [1.165, 1.54) is 6.33 Å². The Morgan fingerprint density at radius 1 is 1.61 bits per heavy atom. The molecule has 0 aromatic carbocycles. The highest BCUT2D eigenvalue weighted by molar-refractivity contribution is 7.89. The van der Waals surface area contributed by atoms with Gasteiger partial charge >= 0.3 is 0 Å². The van der Waals surface area contributed by atoms with Crippen molar-refractivity contribution in [1.82, 2.24) is 19.6 Å². The van der Waals surface area contributed by atoms with Crippen LogP contribution >= 0.6 is 12.4 Å². The van der Waals surface area contributed by atoms with Gasteiger partial charge in [0.2, 0.25) is 0 Å². The molecule has 0 aliphatic carbocycles. The molecule has 2 N–H and O–H groups in total. The molecule has 0 spiro atoms. The number of nitrogens with zero attached hydrogens (tertiary/aromatic N) is 2. The molecule has 1 aromatic rings. The van der Waals surface area contributed by atoms with Crippen molar-refractivity contribution in [2.24, 2.45) is 0 Å². The van der Waals surface area contributed by atoms with Gasteiger partial charge in [0.15, 0.2) is 5.03 Å². The average molecular weight is 295 g/mol. The monoisotopic (exact) mass is 294 g/mol. The molecule has 1 saturated heterocycles. The summed E-state index contributed by atoms with van der Waals surface area (Å²) in [6.07, 6.45) is 5.20. The molecule has 6 nitrogen and oxygen atoms in total. The molecule has 8 heteroatoms. The second-order valence-corrected chi connectivity index (χ2v) is 5.90. The summed E-state index contributed by atoms with van der Waals surface area (Å²) in [5, 5.41) is 3.34. The number of aryl methyl sites for hydroxylation is 1. The van der Waals surface area contributed by atoms with Gasteiger partial charge in [-0.25, -0.2) is 18.1 Å². The number of imidazole rings is 1. The smallest absolute Gasteiger partial charge is 0.259 e. The fourth-order valence-electron chi connectivity index (χ4n) is 1.87. The molecule has 2 heterocycles. The second kappa shape index (κ2) is 6.51. The number of hydrogen-bond acceptors (Lipinski definition) is 4. The first-order valence-corrected chi connectivity index (χ1v) is 7.35. The lowest BCUT2D eigenvalue weighted by Gasteiger charge is -2.10. The van der Waals surface area contributed by atoms with E-state index in [1.807, 2.05) is 6.92 Å². The molecule has 0 amide bonds. The van der Waals surface area contributed by atoms with Crippen molar-refractivity contribution in [2.45, 2.75) is 37.4 Å². The standard InChI is InChI=1S/C10H18N4O2S.ClH/c1-2-14-7-10(12-8-14)17(15,16)13-6-9-4-3-5-11-9;/h7-9,11,13H,2-6H2,1H3;1H. The minimum absolute atomic E-state index is 0. The zero-order chi connectivity index (χ0) is 12.3. The summed E-state index contributed by atoms with van der Waals surface area (Å²) in [6.45, 7) is 4.05. The van der Waals surface area contributed by atoms with Crippen LogP contribution in [0, 0.1) is 0 Å². The zero-order valence-electron chi connectivity index (χ0n) is 10.3. The van der Waals surface area contributed by atoms with Crippen LogP contribution < -0.4 is 10.0 Å². The molecule has 104 valence electrons. The van der Waals surface area contributed by atoms with Crippen LogP contribution in [-0.2, 0) is 16.6 Å². The maximum Gasteiger partial charge on any atom is 0.259 e. The Kier molecular flexibility index (Phi) is 5.58. The van der Waals surface area contributed by atoms with E-state index in [-0.39, 0.29) is 23.5 Å². The van der Waals surface area contributed by atoms with Crippen LogP contribution in [0.3, 0.4) is 0 Å². The van der Waals surface area contributed by atoms with E-state index in [0.717, 1.165) is 19.4 Å². The van der Waals surface area contributed by atoms with Crippen LogP contribution in [0.2, 0.25) is 0 Å². The van der Waals surface area contributed by atoms with E-state index in [4.69, 9.17) is 0 Å². The summed E-state index contributed by atoms with van der Waals surface area (Å²) in [4.78, 5) is 3.90. The lowest BCUT2D eigenvalue weighted by Crippen LogP contribution is -2.37. The van der Waals surface area contributed by atoms with Gasteiger partial charge in [-0.05, 0) is 26.3 Å². The molecule has 1 aromatic heterocycles. The lowest BCUT2D eigenvalue weighted by molar-refractivity contribution is 0.549. The van der Waals surface area contributed by atoms with Crippen LogP contribution in [0.15, 0.2) is 17.6 Å². The molecule has 18 heavy (non-hydrogen) atoms. The first-order chi connectivity index (χ1) is 8.12. The molecular weight excluding hydrogens is 276 g/mol. The van der Waals surface area contributed by atoms with E-state index in [2.05, 4.69) is 15.0 Å². The van der Waals surface area contributed by atoms with Crippen molar-refractivity contribution < 1.29 is 8.42 Å². The summed E-state index contributed by atoms with van der Waals surface area (Å²) in [5.41, 5.74) is 0. The molecular formula is C10H19ClN4O2S. The molecule has 0 radical (unpaired) electrons. The first-order valence-electron chi connectivity index (χ1n) is 5.86. The lowest BCUT2D eigenvalue weighted by atomic mass is 10.2. The molecule has 0 bridgehead atoms. The topological polar surface area (TPSA) is 76.0 Å². The van der Waals surface area contributed by atoms with Crippen molar-refractivity contribution >= 4 is 22.4 Å². The average Bonchev–Trinajstić information content (AvgIpc) is 2.98.